The highest BCUT2D eigenvalue weighted by Gasteiger charge is 2.08. The summed E-state index contributed by atoms with van der Waals surface area (Å²) >= 11 is 6.21. The van der Waals surface area contributed by atoms with Gasteiger partial charge in [-0.25, -0.2) is 0 Å². The molecule has 0 atom stereocenters. The van der Waals surface area contributed by atoms with Crippen molar-refractivity contribution >= 4 is 11.6 Å². The smallest absolute Gasteiger partial charge is 0.161 e. The Balaban J connectivity index is 1.53. The normalized spacial score (nSPS) is 10.6. The molecule has 0 aromatic heterocycles. The van der Waals surface area contributed by atoms with Gasteiger partial charge in [0.15, 0.2) is 11.5 Å². The van der Waals surface area contributed by atoms with E-state index in [1.54, 1.807) is 7.11 Å². The zero-order valence-corrected chi connectivity index (χ0v) is 16.3. The van der Waals surface area contributed by atoms with Gasteiger partial charge in [-0.3, -0.25) is 0 Å². The number of quaternary nitrogens is 1. The van der Waals surface area contributed by atoms with Crippen LogP contribution in [0.1, 0.15) is 16.7 Å². The number of rotatable bonds is 9. The summed E-state index contributed by atoms with van der Waals surface area (Å²) in [6, 6.07) is 24.4. The Morgan fingerprint density at radius 2 is 1.59 bits per heavy atom. The van der Waals surface area contributed by atoms with Gasteiger partial charge in [0.05, 0.1) is 13.7 Å². The van der Waals surface area contributed by atoms with E-state index in [0.717, 1.165) is 41.6 Å². The summed E-state index contributed by atoms with van der Waals surface area (Å²) in [5.74, 6) is 1.55. The fourth-order valence-electron chi connectivity index (χ4n) is 2.94. The summed E-state index contributed by atoms with van der Waals surface area (Å²) in [5.41, 5.74) is 3.60. The lowest BCUT2D eigenvalue weighted by Crippen LogP contribution is -2.80. The highest BCUT2D eigenvalue weighted by atomic mass is 35.5. The predicted molar refractivity (Wildman–Crippen MR) is 109 cm³/mol. The molecule has 0 heterocycles. The topological polar surface area (TPSA) is 35.1 Å². The molecule has 3 nitrogen and oxygen atoms in total. The molecule has 0 radical (unpaired) electrons. The summed E-state index contributed by atoms with van der Waals surface area (Å²) < 4.78 is 11.4. The molecule has 3 aromatic rings. The molecule has 2 N–H and O–H groups in total. The number of hydrogen-bond donors (Lipinski definition) is 1. The van der Waals surface area contributed by atoms with Crippen molar-refractivity contribution in [2.24, 2.45) is 0 Å². The van der Waals surface area contributed by atoms with E-state index in [9.17, 15) is 0 Å². The van der Waals surface area contributed by atoms with Gasteiger partial charge in [-0.15, -0.1) is 0 Å². The van der Waals surface area contributed by atoms with Gasteiger partial charge in [0, 0.05) is 22.6 Å². The molecule has 0 saturated heterocycles. The molecule has 0 bridgehead atoms. The average molecular weight is 383 g/mol. The highest BCUT2D eigenvalue weighted by molar-refractivity contribution is 6.31. The molecule has 4 heteroatoms. The Labute approximate surface area is 165 Å². The number of halogens is 1. The molecule has 140 valence electrons. The number of hydrogen-bond acceptors (Lipinski definition) is 2. The van der Waals surface area contributed by atoms with Gasteiger partial charge in [-0.2, -0.15) is 0 Å². The van der Waals surface area contributed by atoms with Gasteiger partial charge in [0.1, 0.15) is 13.1 Å². The number of methoxy groups -OCH3 is 1. The SMILES string of the molecule is COc1cc(C[NH2+]Cc2ccccc2Cl)ccc1OCCc1ccccc1. The minimum absolute atomic E-state index is 0.623. The van der Waals surface area contributed by atoms with E-state index >= 15 is 0 Å². The maximum Gasteiger partial charge on any atom is 0.161 e. The van der Waals surface area contributed by atoms with Crippen LogP contribution in [-0.4, -0.2) is 13.7 Å². The van der Waals surface area contributed by atoms with E-state index < -0.39 is 0 Å². The lowest BCUT2D eigenvalue weighted by atomic mass is 10.1. The maximum atomic E-state index is 6.21. The first-order valence-corrected chi connectivity index (χ1v) is 9.53. The molecule has 0 aliphatic carbocycles. The third-order valence-electron chi connectivity index (χ3n) is 4.42. The highest BCUT2D eigenvalue weighted by Crippen LogP contribution is 2.28. The fraction of sp³-hybridized carbons (Fsp3) is 0.217. The Hall–Kier alpha value is -2.49. The predicted octanol–water partition coefficient (Wildman–Crippen LogP) is 4.23. The van der Waals surface area contributed by atoms with E-state index in [-0.39, 0.29) is 0 Å². The molecule has 3 aromatic carbocycles. The van der Waals surface area contributed by atoms with Crippen LogP contribution in [0, 0.1) is 0 Å². The molecule has 0 saturated carbocycles. The standard InChI is InChI=1S/C23H24ClNO2/c1-26-23-15-19(16-25-17-20-9-5-6-10-21(20)24)11-12-22(23)27-14-13-18-7-3-2-4-8-18/h2-12,15,25H,13-14,16-17H2,1H3/p+1. The number of benzene rings is 3. The van der Waals surface area contributed by atoms with Crippen molar-refractivity contribution < 1.29 is 14.8 Å². The van der Waals surface area contributed by atoms with Gasteiger partial charge in [-0.05, 0) is 29.8 Å². The third kappa shape index (κ3) is 5.75. The van der Waals surface area contributed by atoms with Crippen LogP contribution in [0.15, 0.2) is 72.8 Å². The molecular formula is C23H25ClNO2+. The first kappa shape index (κ1) is 19.3. The number of ether oxygens (including phenoxy) is 2. The quantitative estimate of drug-likeness (QED) is 0.601. The summed E-state index contributed by atoms with van der Waals surface area (Å²) in [6.45, 7) is 2.32. The van der Waals surface area contributed by atoms with Crippen LogP contribution < -0.4 is 14.8 Å². The largest absolute Gasteiger partial charge is 0.493 e. The van der Waals surface area contributed by atoms with Crippen LogP contribution in [0.2, 0.25) is 5.02 Å². The average Bonchev–Trinajstić information content (AvgIpc) is 2.71. The van der Waals surface area contributed by atoms with Gasteiger partial charge < -0.3 is 14.8 Å². The van der Waals surface area contributed by atoms with Crippen LogP contribution in [0.4, 0.5) is 0 Å². The zero-order chi connectivity index (χ0) is 18.9. The Morgan fingerprint density at radius 1 is 0.815 bits per heavy atom. The minimum atomic E-state index is 0.623. The van der Waals surface area contributed by atoms with Crippen molar-refractivity contribution in [2.75, 3.05) is 13.7 Å². The van der Waals surface area contributed by atoms with Gasteiger partial charge >= 0.3 is 0 Å². The van der Waals surface area contributed by atoms with E-state index in [1.807, 2.05) is 48.5 Å². The monoisotopic (exact) mass is 382 g/mol. The minimum Gasteiger partial charge on any atom is -0.493 e. The molecule has 0 aliphatic rings. The lowest BCUT2D eigenvalue weighted by Gasteiger charge is -2.12. The van der Waals surface area contributed by atoms with Gasteiger partial charge in [0.2, 0.25) is 0 Å². The summed E-state index contributed by atoms with van der Waals surface area (Å²) in [7, 11) is 1.68. The lowest BCUT2D eigenvalue weighted by molar-refractivity contribution is -0.686. The van der Waals surface area contributed by atoms with Gasteiger partial charge in [0.25, 0.3) is 0 Å². The van der Waals surface area contributed by atoms with E-state index in [0.29, 0.717) is 6.61 Å². The molecule has 0 fully saturated rings. The third-order valence-corrected chi connectivity index (χ3v) is 4.79. The molecule has 27 heavy (non-hydrogen) atoms. The maximum absolute atomic E-state index is 6.21. The first-order valence-electron chi connectivity index (χ1n) is 9.15. The van der Waals surface area contributed by atoms with Crippen molar-refractivity contribution in [1.82, 2.24) is 0 Å². The molecular weight excluding hydrogens is 358 g/mol. The summed E-state index contributed by atoms with van der Waals surface area (Å²) in [5, 5.41) is 3.04. The van der Waals surface area contributed by atoms with Crippen LogP contribution in [0.3, 0.4) is 0 Å². The molecule has 0 amide bonds. The molecule has 0 unspecified atom stereocenters. The van der Waals surface area contributed by atoms with Crippen LogP contribution in [0.25, 0.3) is 0 Å². The van der Waals surface area contributed by atoms with Gasteiger partial charge in [-0.1, -0.05) is 60.1 Å². The van der Waals surface area contributed by atoms with E-state index in [1.165, 1.54) is 11.1 Å². The summed E-state index contributed by atoms with van der Waals surface area (Å²) in [6.07, 6.45) is 0.872. The Kier molecular flexibility index (Phi) is 7.14. The van der Waals surface area contributed by atoms with Crippen LogP contribution in [-0.2, 0) is 19.5 Å². The molecule has 0 aliphatic heterocycles. The van der Waals surface area contributed by atoms with Crippen molar-refractivity contribution in [1.29, 1.82) is 0 Å². The van der Waals surface area contributed by atoms with Crippen LogP contribution >= 0.6 is 11.6 Å². The van der Waals surface area contributed by atoms with Crippen molar-refractivity contribution in [2.45, 2.75) is 19.5 Å². The Bertz CT molecular complexity index is 852. The first-order chi connectivity index (χ1) is 13.3. The zero-order valence-electron chi connectivity index (χ0n) is 15.5. The second-order valence-corrected chi connectivity index (χ2v) is 6.76. The van der Waals surface area contributed by atoms with Crippen LogP contribution in [0.5, 0.6) is 11.5 Å². The summed E-state index contributed by atoms with van der Waals surface area (Å²) in [4.78, 5) is 0. The van der Waals surface area contributed by atoms with Crippen molar-refractivity contribution in [3.05, 3.63) is 94.5 Å². The van der Waals surface area contributed by atoms with E-state index in [4.69, 9.17) is 21.1 Å². The molecule has 3 rings (SSSR count). The number of nitrogens with two attached hydrogens (primary N) is 1. The van der Waals surface area contributed by atoms with Crippen molar-refractivity contribution in [3.63, 3.8) is 0 Å². The molecule has 0 spiro atoms. The van der Waals surface area contributed by atoms with Crippen molar-refractivity contribution in [3.8, 4) is 11.5 Å². The second-order valence-electron chi connectivity index (χ2n) is 6.36. The second kappa shape index (κ2) is 10.0. The fourth-order valence-corrected chi connectivity index (χ4v) is 3.15. The van der Waals surface area contributed by atoms with E-state index in [2.05, 4.69) is 29.6 Å². The Morgan fingerprint density at radius 3 is 2.37 bits per heavy atom.